The van der Waals surface area contributed by atoms with Crippen molar-refractivity contribution in [2.24, 2.45) is 7.05 Å². The van der Waals surface area contributed by atoms with Crippen LogP contribution in [0, 0.1) is 0 Å². The first-order chi connectivity index (χ1) is 16.3. The zero-order valence-corrected chi connectivity index (χ0v) is 19.7. The lowest BCUT2D eigenvalue weighted by molar-refractivity contribution is -0.136. The van der Waals surface area contributed by atoms with Crippen molar-refractivity contribution in [3.8, 4) is 0 Å². The van der Waals surface area contributed by atoms with Gasteiger partial charge in [-0.2, -0.15) is 0 Å². The van der Waals surface area contributed by atoms with Crippen molar-refractivity contribution >= 4 is 30.6 Å². The Morgan fingerprint density at radius 2 is 1.88 bits per heavy atom. The third-order valence-electron chi connectivity index (χ3n) is 5.11. The monoisotopic (exact) mass is 480 g/mol. The Bertz CT molecular complexity index is 1330. The summed E-state index contributed by atoms with van der Waals surface area (Å²) in [5, 5.41) is 0.122. The fourth-order valence-corrected chi connectivity index (χ4v) is 3.45. The minimum absolute atomic E-state index is 0.0270. The lowest BCUT2D eigenvalue weighted by Crippen LogP contribution is -2.41. The fraction of sp³-hybridized carbons (Fsp3) is 0.200. The highest BCUT2D eigenvalue weighted by Gasteiger charge is 2.15. The number of allylic oxidation sites excluding steroid dienone is 4. The smallest absolute Gasteiger partial charge is 0.337 e. The van der Waals surface area contributed by atoms with Crippen LogP contribution in [0.25, 0.3) is 6.08 Å². The molecule has 1 aliphatic carbocycles. The molecule has 3 rings (SSSR count). The number of rotatable bonds is 7. The van der Waals surface area contributed by atoms with Crippen molar-refractivity contribution in [3.05, 3.63) is 104 Å². The number of carbonyl (C=O) groups excluding carboxylic acids is 2. The van der Waals surface area contributed by atoms with E-state index in [4.69, 9.17) is 4.74 Å². The van der Waals surface area contributed by atoms with E-state index in [0.29, 0.717) is 11.1 Å². The number of hydrogen-bond donors (Lipinski definition) is 1. The van der Waals surface area contributed by atoms with Gasteiger partial charge in [-0.1, -0.05) is 42.5 Å². The number of ether oxygens (including phenoxy) is 2. The van der Waals surface area contributed by atoms with Crippen LogP contribution in [0.3, 0.4) is 0 Å². The van der Waals surface area contributed by atoms with Crippen LogP contribution < -0.4 is 11.2 Å². The summed E-state index contributed by atoms with van der Waals surface area (Å²) in [7, 11) is 2.77. The topological polar surface area (TPSA) is 96.6 Å². The number of esters is 2. The summed E-state index contributed by atoms with van der Waals surface area (Å²) in [6, 6.07) is 6.36. The van der Waals surface area contributed by atoms with E-state index in [2.05, 4.69) is 17.4 Å². The Hall–Kier alpha value is -3.85. The van der Waals surface area contributed by atoms with Crippen LogP contribution in [0.15, 0.2) is 80.9 Å². The molecule has 8 nitrogen and oxygen atoms in total. The van der Waals surface area contributed by atoms with Gasteiger partial charge < -0.3 is 9.47 Å². The van der Waals surface area contributed by atoms with Crippen LogP contribution >= 0.6 is 12.6 Å². The molecule has 0 N–H and O–H groups in total. The van der Waals surface area contributed by atoms with Gasteiger partial charge in [-0.05, 0) is 35.8 Å². The third-order valence-corrected chi connectivity index (χ3v) is 5.65. The van der Waals surface area contributed by atoms with Crippen LogP contribution in [0.5, 0.6) is 0 Å². The standard InChI is InChI=1S/C25H24N2O6S/c1-26-23(34)20(13-14-21(28)33-16-18-7-5-3-4-6-8-18)22(29)27(25(26)31)15-17-9-11-19(12-10-17)24(30)32-2/h3-5,7-14,34H,6,15-16H2,1-2H3/b14-13+. The number of methoxy groups -OCH3 is 1. The quantitative estimate of drug-likeness (QED) is 0.283. The van der Waals surface area contributed by atoms with Gasteiger partial charge in [0.15, 0.2) is 0 Å². The molecule has 0 amide bonds. The zero-order valence-electron chi connectivity index (χ0n) is 18.8. The van der Waals surface area contributed by atoms with E-state index in [9.17, 15) is 19.2 Å². The molecule has 34 heavy (non-hydrogen) atoms. The molecule has 1 aromatic carbocycles. The third kappa shape index (κ3) is 5.93. The molecule has 1 heterocycles. The van der Waals surface area contributed by atoms with E-state index in [1.165, 1.54) is 24.8 Å². The largest absolute Gasteiger partial charge is 0.465 e. The van der Waals surface area contributed by atoms with Gasteiger partial charge in [0.05, 0.1) is 29.8 Å². The van der Waals surface area contributed by atoms with Crippen LogP contribution in [0.1, 0.15) is 27.9 Å². The Kier molecular flexibility index (Phi) is 8.26. The lowest BCUT2D eigenvalue weighted by atomic mass is 10.1. The van der Waals surface area contributed by atoms with Crippen molar-refractivity contribution in [3.63, 3.8) is 0 Å². The number of benzene rings is 1. The first kappa shape index (κ1) is 24.8. The maximum Gasteiger partial charge on any atom is 0.337 e. The summed E-state index contributed by atoms with van der Waals surface area (Å²) in [6.07, 6.45) is 12.8. The van der Waals surface area contributed by atoms with Crippen molar-refractivity contribution in [1.29, 1.82) is 0 Å². The summed E-state index contributed by atoms with van der Waals surface area (Å²) in [6.45, 7) is 0.0784. The minimum atomic E-state index is -0.627. The molecular weight excluding hydrogens is 456 g/mol. The van der Waals surface area contributed by atoms with Gasteiger partial charge in [-0.25, -0.2) is 14.4 Å². The molecule has 9 heteroatoms. The first-order valence-corrected chi connectivity index (χ1v) is 10.8. The summed E-state index contributed by atoms with van der Waals surface area (Å²) in [5.74, 6) is -1.11. The van der Waals surface area contributed by atoms with Crippen molar-refractivity contribution in [2.75, 3.05) is 13.7 Å². The maximum atomic E-state index is 13.0. The van der Waals surface area contributed by atoms with Gasteiger partial charge in [0, 0.05) is 13.1 Å². The number of carbonyl (C=O) groups is 2. The summed E-state index contributed by atoms with van der Waals surface area (Å²) >= 11 is 4.29. The predicted molar refractivity (Wildman–Crippen MR) is 131 cm³/mol. The van der Waals surface area contributed by atoms with E-state index < -0.39 is 23.2 Å². The van der Waals surface area contributed by atoms with Gasteiger partial charge in [-0.3, -0.25) is 13.9 Å². The van der Waals surface area contributed by atoms with E-state index in [1.54, 1.807) is 24.3 Å². The maximum absolute atomic E-state index is 13.0. The Balaban J connectivity index is 1.81. The summed E-state index contributed by atoms with van der Waals surface area (Å²) in [5.41, 5.74) is 0.760. The molecule has 0 aliphatic heterocycles. The predicted octanol–water partition coefficient (Wildman–Crippen LogP) is 2.67. The van der Waals surface area contributed by atoms with E-state index >= 15 is 0 Å². The molecule has 1 aliphatic rings. The zero-order chi connectivity index (χ0) is 24.7. The Labute approximate surface area is 201 Å². The highest BCUT2D eigenvalue weighted by Crippen LogP contribution is 2.11. The molecule has 1 aromatic heterocycles. The molecule has 0 atom stereocenters. The SMILES string of the molecule is COC(=O)c1ccc(Cn2c(=O)c(/C=C/C(=O)OCC3=CCC=CC=C3)c(S)n(C)c2=O)cc1. The molecule has 176 valence electrons. The second-order valence-corrected chi connectivity index (χ2v) is 7.83. The van der Waals surface area contributed by atoms with Crippen LogP contribution in [-0.2, 0) is 27.9 Å². The van der Waals surface area contributed by atoms with Crippen LogP contribution in [0.4, 0.5) is 0 Å². The van der Waals surface area contributed by atoms with Gasteiger partial charge in [0.2, 0.25) is 0 Å². The Morgan fingerprint density at radius 1 is 1.15 bits per heavy atom. The van der Waals surface area contributed by atoms with Crippen LogP contribution in [-0.4, -0.2) is 34.8 Å². The van der Waals surface area contributed by atoms with Crippen molar-refractivity contribution in [1.82, 2.24) is 9.13 Å². The number of thiol groups is 1. The number of nitrogens with zero attached hydrogens (tertiary/aromatic N) is 2. The van der Waals surface area contributed by atoms with Crippen molar-refractivity contribution in [2.45, 2.75) is 18.0 Å². The highest BCUT2D eigenvalue weighted by atomic mass is 32.1. The van der Waals surface area contributed by atoms with Gasteiger partial charge in [-0.15, -0.1) is 12.6 Å². The van der Waals surface area contributed by atoms with Gasteiger partial charge in [0.25, 0.3) is 5.56 Å². The molecule has 0 saturated heterocycles. The molecule has 0 bridgehead atoms. The molecular formula is C25H24N2O6S. The minimum Gasteiger partial charge on any atom is -0.465 e. The lowest BCUT2D eigenvalue weighted by Gasteiger charge is -2.12. The normalized spacial score (nSPS) is 13.0. The fourth-order valence-electron chi connectivity index (χ4n) is 3.20. The molecule has 0 spiro atoms. The average Bonchev–Trinajstić information content (AvgIpc) is 3.13. The molecule has 0 fully saturated rings. The summed E-state index contributed by atoms with van der Waals surface area (Å²) < 4.78 is 12.2. The van der Waals surface area contributed by atoms with E-state index in [0.717, 1.165) is 22.6 Å². The second kappa shape index (κ2) is 11.3. The second-order valence-electron chi connectivity index (χ2n) is 7.40. The Morgan fingerprint density at radius 3 is 2.59 bits per heavy atom. The molecule has 2 aromatic rings. The summed E-state index contributed by atoms with van der Waals surface area (Å²) in [4.78, 5) is 49.5. The molecule has 0 radical (unpaired) electrons. The van der Waals surface area contributed by atoms with Gasteiger partial charge in [0.1, 0.15) is 6.61 Å². The molecule has 0 unspecified atom stereocenters. The number of hydrogen-bond acceptors (Lipinski definition) is 7. The van der Waals surface area contributed by atoms with Crippen LogP contribution in [0.2, 0.25) is 0 Å². The van der Waals surface area contributed by atoms with Crippen molar-refractivity contribution < 1.29 is 19.1 Å². The van der Waals surface area contributed by atoms with Gasteiger partial charge >= 0.3 is 17.6 Å². The van der Waals surface area contributed by atoms with E-state index in [-0.39, 0.29) is 23.7 Å². The first-order valence-electron chi connectivity index (χ1n) is 10.4. The average molecular weight is 481 g/mol. The highest BCUT2D eigenvalue weighted by molar-refractivity contribution is 7.80. The molecule has 0 saturated carbocycles. The number of aromatic nitrogens is 2. The van der Waals surface area contributed by atoms with E-state index in [1.807, 2.05) is 30.4 Å².